The summed E-state index contributed by atoms with van der Waals surface area (Å²) in [6, 6.07) is 3.63. The Morgan fingerprint density at radius 3 is 3.00 bits per heavy atom. The molecule has 1 heterocycles. The maximum Gasteiger partial charge on any atom is 0.123 e. The lowest BCUT2D eigenvalue weighted by molar-refractivity contribution is 0.741. The van der Waals surface area contributed by atoms with Gasteiger partial charge in [0.1, 0.15) is 5.82 Å². The molecule has 1 rings (SSSR count). The van der Waals surface area contributed by atoms with Crippen molar-refractivity contribution in [3.63, 3.8) is 0 Å². The Balaban J connectivity index is 2.80. The van der Waals surface area contributed by atoms with Crippen LogP contribution in [0.15, 0.2) is 31.0 Å². The van der Waals surface area contributed by atoms with Gasteiger partial charge >= 0.3 is 0 Å². The van der Waals surface area contributed by atoms with Gasteiger partial charge in [-0.3, -0.25) is 0 Å². The lowest BCUT2D eigenvalue weighted by Crippen LogP contribution is -2.09. The predicted molar refractivity (Wildman–Crippen MR) is 50.4 cm³/mol. The van der Waals surface area contributed by atoms with Crippen LogP contribution in [0.1, 0.15) is 18.0 Å². The first-order valence-electron chi connectivity index (χ1n) is 3.82. The maximum atomic E-state index is 5.82. The van der Waals surface area contributed by atoms with E-state index in [0.717, 1.165) is 12.0 Å². The second-order valence-electron chi connectivity index (χ2n) is 2.64. The van der Waals surface area contributed by atoms with Gasteiger partial charge in [0.15, 0.2) is 0 Å². The van der Waals surface area contributed by atoms with Crippen LogP contribution in [0.5, 0.6) is 0 Å². The second-order valence-corrected chi connectivity index (χ2v) is 2.64. The highest BCUT2D eigenvalue weighted by Crippen LogP contribution is 2.14. The number of nitrogen functional groups attached to an aromatic ring is 1. The minimum atomic E-state index is -0.0206. The molecule has 0 aliphatic heterocycles. The van der Waals surface area contributed by atoms with Crippen LogP contribution >= 0.6 is 0 Å². The molecule has 0 spiro atoms. The molecular weight excluding hydrogens is 150 g/mol. The van der Waals surface area contributed by atoms with Crippen molar-refractivity contribution in [1.82, 2.24) is 4.98 Å². The number of rotatable bonds is 3. The Morgan fingerprint density at radius 2 is 2.42 bits per heavy atom. The summed E-state index contributed by atoms with van der Waals surface area (Å²) in [6.07, 6.45) is 4.21. The summed E-state index contributed by atoms with van der Waals surface area (Å²) in [6.45, 7) is 3.62. The summed E-state index contributed by atoms with van der Waals surface area (Å²) in [5.74, 6) is 0.506. The van der Waals surface area contributed by atoms with E-state index >= 15 is 0 Å². The topological polar surface area (TPSA) is 64.9 Å². The Bertz CT molecular complexity index is 270. The first kappa shape index (κ1) is 8.74. The summed E-state index contributed by atoms with van der Waals surface area (Å²) in [5, 5.41) is 0. The normalized spacial score (nSPS) is 12.4. The molecule has 1 unspecified atom stereocenters. The lowest BCUT2D eigenvalue weighted by atomic mass is 10.1. The van der Waals surface area contributed by atoms with Crippen LogP contribution in [-0.4, -0.2) is 4.98 Å². The molecule has 0 fully saturated rings. The van der Waals surface area contributed by atoms with Gasteiger partial charge in [0.05, 0.1) is 0 Å². The van der Waals surface area contributed by atoms with Crippen molar-refractivity contribution in [2.24, 2.45) is 5.73 Å². The fourth-order valence-corrected chi connectivity index (χ4v) is 1.01. The van der Waals surface area contributed by atoms with Gasteiger partial charge < -0.3 is 11.5 Å². The molecule has 3 heteroatoms. The second kappa shape index (κ2) is 3.88. The van der Waals surface area contributed by atoms with Crippen LogP contribution in [0.25, 0.3) is 0 Å². The van der Waals surface area contributed by atoms with Gasteiger partial charge in [0, 0.05) is 12.2 Å². The van der Waals surface area contributed by atoms with Gasteiger partial charge in [-0.25, -0.2) is 4.98 Å². The summed E-state index contributed by atoms with van der Waals surface area (Å²) in [4.78, 5) is 3.88. The third-order valence-corrected chi connectivity index (χ3v) is 1.65. The number of anilines is 1. The number of nitrogens with two attached hydrogens (primary N) is 2. The molecule has 12 heavy (non-hydrogen) atoms. The number of hydrogen-bond acceptors (Lipinski definition) is 3. The third kappa shape index (κ3) is 2.07. The highest BCUT2D eigenvalue weighted by molar-refractivity contribution is 5.33. The monoisotopic (exact) mass is 163 g/mol. The molecule has 0 bridgehead atoms. The van der Waals surface area contributed by atoms with Crippen molar-refractivity contribution in [2.75, 3.05) is 5.73 Å². The van der Waals surface area contributed by atoms with Crippen molar-refractivity contribution in [1.29, 1.82) is 0 Å². The molecule has 0 saturated heterocycles. The molecular formula is C9H13N3. The number of aromatic nitrogens is 1. The van der Waals surface area contributed by atoms with E-state index < -0.39 is 0 Å². The number of pyridine rings is 1. The fourth-order valence-electron chi connectivity index (χ4n) is 1.01. The minimum Gasteiger partial charge on any atom is -0.384 e. The van der Waals surface area contributed by atoms with Crippen molar-refractivity contribution in [3.8, 4) is 0 Å². The van der Waals surface area contributed by atoms with Crippen LogP contribution in [0.3, 0.4) is 0 Å². The van der Waals surface area contributed by atoms with Crippen molar-refractivity contribution >= 4 is 5.82 Å². The molecule has 1 atom stereocenters. The molecule has 3 nitrogen and oxygen atoms in total. The Hall–Kier alpha value is -1.35. The van der Waals surface area contributed by atoms with E-state index in [9.17, 15) is 0 Å². The molecule has 0 aliphatic carbocycles. The quantitative estimate of drug-likeness (QED) is 0.659. The van der Waals surface area contributed by atoms with E-state index in [2.05, 4.69) is 11.6 Å². The maximum absolute atomic E-state index is 5.82. The lowest BCUT2D eigenvalue weighted by Gasteiger charge is -2.08. The first-order chi connectivity index (χ1) is 5.74. The zero-order valence-electron chi connectivity index (χ0n) is 6.90. The predicted octanol–water partition coefficient (Wildman–Crippen LogP) is 1.24. The molecule has 0 radical (unpaired) electrons. The van der Waals surface area contributed by atoms with Crippen LogP contribution in [0.4, 0.5) is 5.82 Å². The minimum absolute atomic E-state index is 0.0206. The van der Waals surface area contributed by atoms with Crippen molar-refractivity contribution < 1.29 is 0 Å². The van der Waals surface area contributed by atoms with Gasteiger partial charge in [0.2, 0.25) is 0 Å². The molecule has 0 amide bonds. The Kier molecular flexibility index (Phi) is 2.82. The molecule has 4 N–H and O–H groups in total. The fraction of sp³-hybridized carbons (Fsp3) is 0.222. The van der Waals surface area contributed by atoms with Crippen LogP contribution in [-0.2, 0) is 0 Å². The summed E-state index contributed by atoms with van der Waals surface area (Å²) in [7, 11) is 0. The largest absolute Gasteiger partial charge is 0.384 e. The SMILES string of the molecule is C=CCC(N)c1ccnc(N)c1. The van der Waals surface area contributed by atoms with Gasteiger partial charge in [-0.15, -0.1) is 6.58 Å². The molecule has 0 aromatic carbocycles. The van der Waals surface area contributed by atoms with Crippen LogP contribution in [0.2, 0.25) is 0 Å². The highest BCUT2D eigenvalue weighted by atomic mass is 14.8. The van der Waals surface area contributed by atoms with Crippen LogP contribution < -0.4 is 11.5 Å². The van der Waals surface area contributed by atoms with E-state index in [-0.39, 0.29) is 6.04 Å². The molecule has 64 valence electrons. The number of hydrogen-bond donors (Lipinski definition) is 2. The first-order valence-corrected chi connectivity index (χ1v) is 3.82. The average Bonchev–Trinajstić information content (AvgIpc) is 2.05. The summed E-state index contributed by atoms with van der Waals surface area (Å²) in [5.41, 5.74) is 12.3. The third-order valence-electron chi connectivity index (χ3n) is 1.65. The van der Waals surface area contributed by atoms with E-state index in [1.165, 1.54) is 0 Å². The van der Waals surface area contributed by atoms with E-state index in [1.54, 1.807) is 18.3 Å². The average molecular weight is 163 g/mol. The zero-order chi connectivity index (χ0) is 8.97. The van der Waals surface area contributed by atoms with E-state index in [0.29, 0.717) is 5.82 Å². The molecule has 1 aromatic heterocycles. The smallest absolute Gasteiger partial charge is 0.123 e. The van der Waals surface area contributed by atoms with Crippen molar-refractivity contribution in [2.45, 2.75) is 12.5 Å². The standard InChI is InChI=1S/C9H13N3/c1-2-3-8(10)7-4-5-12-9(11)6-7/h2,4-6,8H,1,3,10H2,(H2,11,12). The van der Waals surface area contributed by atoms with Gasteiger partial charge in [-0.05, 0) is 24.1 Å². The molecule has 0 saturated carbocycles. The van der Waals surface area contributed by atoms with Crippen LogP contribution in [0, 0.1) is 0 Å². The van der Waals surface area contributed by atoms with Gasteiger partial charge in [-0.2, -0.15) is 0 Å². The Labute approximate surface area is 72.1 Å². The molecule has 0 aliphatic rings. The van der Waals surface area contributed by atoms with E-state index in [1.807, 2.05) is 6.07 Å². The zero-order valence-corrected chi connectivity index (χ0v) is 6.90. The summed E-state index contributed by atoms with van der Waals surface area (Å²) < 4.78 is 0. The van der Waals surface area contributed by atoms with E-state index in [4.69, 9.17) is 11.5 Å². The Morgan fingerprint density at radius 1 is 1.67 bits per heavy atom. The summed E-state index contributed by atoms with van der Waals surface area (Å²) >= 11 is 0. The van der Waals surface area contributed by atoms with Crippen molar-refractivity contribution in [3.05, 3.63) is 36.5 Å². The van der Waals surface area contributed by atoms with Gasteiger partial charge in [0.25, 0.3) is 0 Å². The highest BCUT2D eigenvalue weighted by Gasteiger charge is 2.03. The molecule has 1 aromatic rings. The van der Waals surface area contributed by atoms with Gasteiger partial charge in [-0.1, -0.05) is 6.08 Å². The number of nitrogens with zero attached hydrogens (tertiary/aromatic N) is 1.